The number of hydrogen-bond donors (Lipinski definition) is 2. The van der Waals surface area contributed by atoms with E-state index in [1.807, 2.05) is 4.90 Å². The van der Waals surface area contributed by atoms with Gasteiger partial charge in [-0.2, -0.15) is 4.31 Å². The van der Waals surface area contributed by atoms with E-state index in [1.165, 1.54) is 10.4 Å². The molecule has 2 N–H and O–H groups in total. The Kier molecular flexibility index (Phi) is 6.33. The first kappa shape index (κ1) is 20.0. The first-order valence-electron chi connectivity index (χ1n) is 9.35. The van der Waals surface area contributed by atoms with Crippen LogP contribution < -0.4 is 15.5 Å². The number of sulfonamides is 1. The fourth-order valence-corrected chi connectivity index (χ4v) is 4.82. The van der Waals surface area contributed by atoms with Crippen LogP contribution in [0.3, 0.4) is 0 Å². The average Bonchev–Trinajstić information content (AvgIpc) is 2.66. The molecule has 0 unspecified atom stereocenters. The van der Waals surface area contributed by atoms with E-state index >= 15 is 0 Å². The van der Waals surface area contributed by atoms with Crippen LogP contribution in [0.4, 0.5) is 10.1 Å². The number of amides is 1. The number of piperidine rings is 1. The van der Waals surface area contributed by atoms with Crippen LogP contribution in [0, 0.1) is 5.82 Å². The van der Waals surface area contributed by atoms with Gasteiger partial charge in [0.1, 0.15) is 11.9 Å². The number of carbonyl (C=O) groups excluding carboxylic acids is 1. The van der Waals surface area contributed by atoms with Gasteiger partial charge in [-0.3, -0.25) is 4.79 Å². The zero-order valence-corrected chi connectivity index (χ0v) is 16.4. The van der Waals surface area contributed by atoms with Crippen molar-refractivity contribution in [2.45, 2.75) is 31.8 Å². The zero-order valence-electron chi connectivity index (χ0n) is 15.6. The molecule has 1 amide bonds. The Bertz CT molecular complexity index is 781. The molecule has 0 radical (unpaired) electrons. The Balaban J connectivity index is 1.62. The van der Waals surface area contributed by atoms with Crippen LogP contribution in [0.1, 0.15) is 24.8 Å². The van der Waals surface area contributed by atoms with Gasteiger partial charge in [-0.1, -0.05) is 12.5 Å². The molecule has 2 heterocycles. The van der Waals surface area contributed by atoms with Crippen molar-refractivity contribution < 1.29 is 17.6 Å². The van der Waals surface area contributed by atoms with Crippen molar-refractivity contribution in [3.63, 3.8) is 0 Å². The van der Waals surface area contributed by atoms with Gasteiger partial charge in [0.15, 0.2) is 0 Å². The van der Waals surface area contributed by atoms with E-state index in [9.17, 15) is 17.6 Å². The van der Waals surface area contributed by atoms with Gasteiger partial charge in [0.05, 0.1) is 11.9 Å². The molecule has 3 rings (SSSR count). The Labute approximate surface area is 160 Å². The first-order valence-corrected chi connectivity index (χ1v) is 11.2. The van der Waals surface area contributed by atoms with Crippen LogP contribution in [0.15, 0.2) is 18.2 Å². The largest absolute Gasteiger partial charge is 0.367 e. The van der Waals surface area contributed by atoms with Crippen LogP contribution in [-0.4, -0.2) is 63.7 Å². The second kappa shape index (κ2) is 8.53. The third kappa shape index (κ3) is 4.97. The van der Waals surface area contributed by atoms with E-state index < -0.39 is 16.1 Å². The highest BCUT2D eigenvalue weighted by Crippen LogP contribution is 2.22. The van der Waals surface area contributed by atoms with Crippen molar-refractivity contribution in [3.05, 3.63) is 29.6 Å². The molecule has 1 aromatic carbocycles. The lowest BCUT2D eigenvalue weighted by Crippen LogP contribution is -2.51. The molecular weight excluding hydrogens is 371 g/mol. The fourth-order valence-electron chi connectivity index (χ4n) is 3.69. The summed E-state index contributed by atoms with van der Waals surface area (Å²) >= 11 is 0. The molecule has 0 spiro atoms. The van der Waals surface area contributed by atoms with Crippen molar-refractivity contribution in [1.82, 2.24) is 14.9 Å². The van der Waals surface area contributed by atoms with Crippen molar-refractivity contribution in [2.24, 2.45) is 0 Å². The summed E-state index contributed by atoms with van der Waals surface area (Å²) in [5, 5.41) is 6.00. The smallest absolute Gasteiger partial charge is 0.238 e. The van der Waals surface area contributed by atoms with Gasteiger partial charge >= 0.3 is 0 Å². The summed E-state index contributed by atoms with van der Waals surface area (Å²) in [4.78, 5) is 14.5. The van der Waals surface area contributed by atoms with Crippen LogP contribution in [0.25, 0.3) is 0 Å². The molecule has 1 aromatic rings. The molecule has 1 atom stereocenters. The van der Waals surface area contributed by atoms with Gasteiger partial charge in [0.25, 0.3) is 0 Å². The number of hydrogen-bond acceptors (Lipinski definition) is 5. The highest BCUT2D eigenvalue weighted by Gasteiger charge is 2.34. The fraction of sp³-hybridized carbons (Fsp3) is 0.611. The van der Waals surface area contributed by atoms with Crippen LogP contribution >= 0.6 is 0 Å². The van der Waals surface area contributed by atoms with E-state index in [0.717, 1.165) is 45.3 Å². The molecule has 2 saturated heterocycles. The molecule has 0 aliphatic carbocycles. The molecule has 7 nitrogen and oxygen atoms in total. The minimum atomic E-state index is -3.43. The van der Waals surface area contributed by atoms with Crippen molar-refractivity contribution in [1.29, 1.82) is 0 Å². The predicted octanol–water partition coefficient (Wildman–Crippen LogP) is 0.666. The van der Waals surface area contributed by atoms with Crippen molar-refractivity contribution >= 4 is 21.6 Å². The number of nitrogens with one attached hydrogen (secondary N) is 2. The van der Waals surface area contributed by atoms with E-state index in [-0.39, 0.29) is 18.3 Å². The summed E-state index contributed by atoms with van der Waals surface area (Å²) < 4.78 is 39.5. The van der Waals surface area contributed by atoms with E-state index in [0.29, 0.717) is 24.2 Å². The number of piperazine rings is 1. The molecule has 2 aliphatic rings. The molecule has 0 aromatic heterocycles. The standard InChI is InChI=1S/C18H27FN4O3S/c1-27(25,26)23-9-3-2-4-17(23)18(24)21-13-14-5-6-16(15(19)12-14)22-10-7-20-8-11-22/h5-6,12,17,20H,2-4,7-11,13H2,1H3,(H,21,24)/t17-/m0/s1. The third-order valence-electron chi connectivity index (χ3n) is 5.12. The lowest BCUT2D eigenvalue weighted by molar-refractivity contribution is -0.125. The molecule has 9 heteroatoms. The molecule has 27 heavy (non-hydrogen) atoms. The maximum atomic E-state index is 14.5. The molecule has 2 aliphatic heterocycles. The van der Waals surface area contributed by atoms with E-state index in [4.69, 9.17) is 0 Å². The quantitative estimate of drug-likeness (QED) is 0.762. The van der Waals surface area contributed by atoms with Crippen molar-refractivity contribution in [3.8, 4) is 0 Å². The molecule has 2 fully saturated rings. The number of carbonyl (C=O) groups is 1. The Morgan fingerprint density at radius 1 is 1.26 bits per heavy atom. The van der Waals surface area contributed by atoms with Gasteiger partial charge in [-0.15, -0.1) is 0 Å². The number of benzene rings is 1. The first-order chi connectivity index (χ1) is 12.9. The third-order valence-corrected chi connectivity index (χ3v) is 6.41. The second-order valence-electron chi connectivity index (χ2n) is 7.13. The Morgan fingerprint density at radius 3 is 2.67 bits per heavy atom. The number of rotatable bonds is 5. The van der Waals surface area contributed by atoms with Gasteiger partial charge in [0, 0.05) is 39.3 Å². The zero-order chi connectivity index (χ0) is 19.4. The summed E-state index contributed by atoms with van der Waals surface area (Å²) in [6.45, 7) is 3.72. The SMILES string of the molecule is CS(=O)(=O)N1CCCC[C@H]1C(=O)NCc1ccc(N2CCNCC2)c(F)c1. The number of halogens is 1. The number of nitrogens with zero attached hydrogens (tertiary/aromatic N) is 2. The number of anilines is 1. The minimum absolute atomic E-state index is 0.172. The lowest BCUT2D eigenvalue weighted by atomic mass is 10.0. The Morgan fingerprint density at radius 2 is 2.00 bits per heavy atom. The molecule has 0 bridgehead atoms. The Hall–Kier alpha value is -1.71. The average molecular weight is 399 g/mol. The van der Waals surface area contributed by atoms with Crippen LogP contribution in [0.5, 0.6) is 0 Å². The predicted molar refractivity (Wildman–Crippen MR) is 103 cm³/mol. The molecule has 0 saturated carbocycles. The summed E-state index contributed by atoms with van der Waals surface area (Å²) in [6, 6.07) is 4.30. The van der Waals surface area contributed by atoms with Gasteiger partial charge < -0.3 is 15.5 Å². The molecule has 150 valence electrons. The normalized spacial score (nSPS) is 21.9. The van der Waals surface area contributed by atoms with Gasteiger partial charge in [-0.05, 0) is 30.5 Å². The van der Waals surface area contributed by atoms with E-state index in [1.54, 1.807) is 12.1 Å². The van der Waals surface area contributed by atoms with Crippen LogP contribution in [-0.2, 0) is 21.4 Å². The topological polar surface area (TPSA) is 81.8 Å². The minimum Gasteiger partial charge on any atom is -0.367 e. The maximum Gasteiger partial charge on any atom is 0.238 e. The summed E-state index contributed by atoms with van der Waals surface area (Å²) in [6.07, 6.45) is 3.21. The lowest BCUT2D eigenvalue weighted by Gasteiger charge is -2.32. The summed E-state index contributed by atoms with van der Waals surface area (Å²) in [5.41, 5.74) is 1.23. The van der Waals surface area contributed by atoms with E-state index in [2.05, 4.69) is 10.6 Å². The van der Waals surface area contributed by atoms with Crippen LogP contribution in [0.2, 0.25) is 0 Å². The summed E-state index contributed by atoms with van der Waals surface area (Å²) in [7, 11) is -3.43. The monoisotopic (exact) mass is 398 g/mol. The highest BCUT2D eigenvalue weighted by atomic mass is 32.2. The second-order valence-corrected chi connectivity index (χ2v) is 9.06. The maximum absolute atomic E-state index is 14.5. The highest BCUT2D eigenvalue weighted by molar-refractivity contribution is 7.88. The van der Waals surface area contributed by atoms with Crippen molar-refractivity contribution in [2.75, 3.05) is 43.9 Å². The molecular formula is C18H27FN4O3S. The van der Waals surface area contributed by atoms with Gasteiger partial charge in [0.2, 0.25) is 15.9 Å². The summed E-state index contributed by atoms with van der Waals surface area (Å²) in [5.74, 6) is -0.634. The van der Waals surface area contributed by atoms with Gasteiger partial charge in [-0.25, -0.2) is 12.8 Å².